The summed E-state index contributed by atoms with van der Waals surface area (Å²) in [4.78, 5) is 10.6. The van der Waals surface area contributed by atoms with Crippen molar-refractivity contribution in [3.05, 3.63) is 48.4 Å². The van der Waals surface area contributed by atoms with Gasteiger partial charge in [0.25, 0.3) is 0 Å². The fraction of sp³-hybridized carbons (Fsp3) is 0.375. The van der Waals surface area contributed by atoms with Gasteiger partial charge in [-0.25, -0.2) is 13.4 Å². The quantitative estimate of drug-likeness (QED) is 0.798. The molecule has 7 nitrogen and oxygen atoms in total. The number of hydrogen-bond donors (Lipinski definition) is 0. The predicted octanol–water partition coefficient (Wildman–Crippen LogP) is 0.742. The van der Waals surface area contributed by atoms with Crippen LogP contribution in [-0.2, 0) is 16.6 Å². The number of aromatic nitrogens is 2. The fourth-order valence-electron chi connectivity index (χ4n) is 3.30. The predicted molar refractivity (Wildman–Crippen MR) is 86.9 cm³/mol. The Bertz CT molecular complexity index is 843. The smallest absolute Gasteiger partial charge is 0.249 e. The summed E-state index contributed by atoms with van der Waals surface area (Å²) in [5.41, 5.74) is 0.710. The van der Waals surface area contributed by atoms with E-state index in [1.54, 1.807) is 24.5 Å². The standard InChI is InChI=1S/C16H18N4O3S/c1-19-10-13-14(11-19)23-16-15(6-4-8-18-16)24(21,22)20(13)9-12-5-2-3-7-17-12/h2-8,13-14H,9-11H2,1H3/t13-,14+/m1/s1. The van der Waals surface area contributed by atoms with Crippen molar-refractivity contribution >= 4 is 10.0 Å². The summed E-state index contributed by atoms with van der Waals surface area (Å²) in [6.07, 6.45) is 2.98. The highest BCUT2D eigenvalue weighted by molar-refractivity contribution is 7.89. The van der Waals surface area contributed by atoms with Crippen LogP contribution in [0.4, 0.5) is 0 Å². The van der Waals surface area contributed by atoms with E-state index < -0.39 is 10.0 Å². The molecule has 126 valence electrons. The van der Waals surface area contributed by atoms with E-state index in [9.17, 15) is 8.42 Å². The van der Waals surface area contributed by atoms with Gasteiger partial charge in [0.1, 0.15) is 11.0 Å². The SMILES string of the molecule is CN1C[C@@H]2Oc3ncccc3S(=O)(=O)N(Cc3ccccn3)[C@@H]2C1. The average Bonchev–Trinajstić information content (AvgIpc) is 2.90. The van der Waals surface area contributed by atoms with Crippen molar-refractivity contribution in [2.45, 2.75) is 23.6 Å². The van der Waals surface area contributed by atoms with Crippen LogP contribution in [0.5, 0.6) is 5.88 Å². The second-order valence-corrected chi connectivity index (χ2v) is 7.98. The van der Waals surface area contributed by atoms with Gasteiger partial charge in [-0.3, -0.25) is 4.98 Å². The molecule has 2 aromatic heterocycles. The monoisotopic (exact) mass is 346 g/mol. The first-order chi connectivity index (χ1) is 11.6. The molecule has 0 aromatic carbocycles. The molecule has 1 saturated heterocycles. The van der Waals surface area contributed by atoms with Gasteiger partial charge in [0, 0.05) is 25.5 Å². The van der Waals surface area contributed by atoms with Gasteiger partial charge in [-0.05, 0) is 31.3 Å². The fourth-order valence-corrected chi connectivity index (χ4v) is 4.98. The first-order valence-electron chi connectivity index (χ1n) is 7.77. The molecule has 0 N–H and O–H groups in total. The maximum absolute atomic E-state index is 13.2. The lowest BCUT2D eigenvalue weighted by molar-refractivity contribution is 0.144. The molecule has 0 bridgehead atoms. The van der Waals surface area contributed by atoms with Crippen LogP contribution in [0.25, 0.3) is 0 Å². The molecule has 1 fully saturated rings. The van der Waals surface area contributed by atoms with Gasteiger partial charge in [0.15, 0.2) is 0 Å². The third-order valence-electron chi connectivity index (χ3n) is 4.42. The molecule has 2 aliphatic heterocycles. The van der Waals surface area contributed by atoms with Crippen molar-refractivity contribution in [1.29, 1.82) is 0 Å². The molecule has 0 saturated carbocycles. The Morgan fingerprint density at radius 1 is 1.17 bits per heavy atom. The minimum Gasteiger partial charge on any atom is -0.470 e. The normalized spacial score (nSPS) is 26.2. The zero-order valence-electron chi connectivity index (χ0n) is 13.2. The highest BCUT2D eigenvalue weighted by Gasteiger charge is 2.46. The average molecular weight is 346 g/mol. The van der Waals surface area contributed by atoms with Crippen LogP contribution in [0.3, 0.4) is 0 Å². The maximum Gasteiger partial charge on any atom is 0.249 e. The Kier molecular flexibility index (Phi) is 3.75. The molecule has 2 aliphatic rings. The Hall–Kier alpha value is -2.03. The molecule has 2 atom stereocenters. The first kappa shape index (κ1) is 15.5. The van der Waals surface area contributed by atoms with Crippen LogP contribution in [0, 0.1) is 0 Å². The number of likely N-dealkylation sites (N-methyl/N-ethyl adjacent to an activating group) is 1. The van der Waals surface area contributed by atoms with Gasteiger partial charge in [0.05, 0.1) is 18.3 Å². The van der Waals surface area contributed by atoms with Crippen LogP contribution in [0.2, 0.25) is 0 Å². The number of ether oxygens (including phenoxy) is 1. The van der Waals surface area contributed by atoms with Gasteiger partial charge >= 0.3 is 0 Å². The topological polar surface area (TPSA) is 75.6 Å². The summed E-state index contributed by atoms with van der Waals surface area (Å²) in [5, 5.41) is 0. The minimum absolute atomic E-state index is 0.123. The molecule has 2 aromatic rings. The summed E-state index contributed by atoms with van der Waals surface area (Å²) < 4.78 is 33.9. The van der Waals surface area contributed by atoms with Crippen molar-refractivity contribution in [3.8, 4) is 5.88 Å². The lowest BCUT2D eigenvalue weighted by atomic mass is 10.2. The van der Waals surface area contributed by atoms with Crippen molar-refractivity contribution < 1.29 is 13.2 Å². The zero-order chi connectivity index (χ0) is 16.7. The van der Waals surface area contributed by atoms with Crippen molar-refractivity contribution in [3.63, 3.8) is 0 Å². The number of fused-ring (bicyclic) bond motifs is 2. The summed E-state index contributed by atoms with van der Waals surface area (Å²) in [7, 11) is -1.75. The zero-order valence-corrected chi connectivity index (χ0v) is 14.1. The summed E-state index contributed by atoms with van der Waals surface area (Å²) in [6.45, 7) is 1.50. The lowest BCUT2D eigenvalue weighted by Gasteiger charge is -2.27. The molecule has 4 rings (SSSR count). The molecule has 0 spiro atoms. The number of likely N-dealkylation sites (tertiary alicyclic amines) is 1. The number of sulfonamides is 1. The second kappa shape index (κ2) is 5.80. The number of hydrogen-bond acceptors (Lipinski definition) is 6. The van der Waals surface area contributed by atoms with Gasteiger partial charge in [0.2, 0.25) is 15.9 Å². The third kappa shape index (κ3) is 2.56. The molecule has 8 heteroatoms. The van der Waals surface area contributed by atoms with E-state index in [0.29, 0.717) is 18.8 Å². The van der Waals surface area contributed by atoms with E-state index in [2.05, 4.69) is 14.9 Å². The number of pyridine rings is 2. The molecule has 0 radical (unpaired) electrons. The van der Waals surface area contributed by atoms with Crippen molar-refractivity contribution in [1.82, 2.24) is 19.2 Å². The highest BCUT2D eigenvalue weighted by Crippen LogP contribution is 2.35. The summed E-state index contributed by atoms with van der Waals surface area (Å²) >= 11 is 0. The summed E-state index contributed by atoms with van der Waals surface area (Å²) in [6, 6.07) is 8.40. The van der Waals surface area contributed by atoms with Gasteiger partial charge < -0.3 is 9.64 Å². The molecular weight excluding hydrogens is 328 g/mol. The maximum atomic E-state index is 13.2. The Morgan fingerprint density at radius 3 is 2.79 bits per heavy atom. The molecule has 4 heterocycles. The Labute approximate surface area is 140 Å². The molecular formula is C16H18N4O3S. The van der Waals surface area contributed by atoms with Crippen LogP contribution in [0.1, 0.15) is 5.69 Å². The Morgan fingerprint density at radius 2 is 2.00 bits per heavy atom. The van der Waals surface area contributed by atoms with E-state index in [-0.39, 0.29) is 29.5 Å². The van der Waals surface area contributed by atoms with E-state index in [4.69, 9.17) is 4.74 Å². The van der Waals surface area contributed by atoms with Crippen molar-refractivity contribution in [2.75, 3.05) is 20.1 Å². The first-order valence-corrected chi connectivity index (χ1v) is 9.22. The van der Waals surface area contributed by atoms with Crippen LogP contribution >= 0.6 is 0 Å². The van der Waals surface area contributed by atoms with Crippen molar-refractivity contribution in [2.24, 2.45) is 0 Å². The van der Waals surface area contributed by atoms with Gasteiger partial charge in [-0.2, -0.15) is 4.31 Å². The van der Waals surface area contributed by atoms with Gasteiger partial charge in [-0.15, -0.1) is 0 Å². The number of rotatable bonds is 2. The molecule has 24 heavy (non-hydrogen) atoms. The van der Waals surface area contributed by atoms with E-state index in [1.165, 1.54) is 4.31 Å². The largest absolute Gasteiger partial charge is 0.470 e. The molecule has 0 amide bonds. The van der Waals surface area contributed by atoms with E-state index in [0.717, 1.165) is 0 Å². The number of nitrogens with zero attached hydrogens (tertiary/aromatic N) is 4. The van der Waals surface area contributed by atoms with Gasteiger partial charge in [-0.1, -0.05) is 6.07 Å². The van der Waals surface area contributed by atoms with Crippen LogP contribution in [-0.4, -0.2) is 59.9 Å². The minimum atomic E-state index is -3.72. The van der Waals surface area contributed by atoms with E-state index >= 15 is 0 Å². The molecule has 0 aliphatic carbocycles. The van der Waals surface area contributed by atoms with Crippen LogP contribution in [0.15, 0.2) is 47.6 Å². The lowest BCUT2D eigenvalue weighted by Crippen LogP contribution is -2.46. The van der Waals surface area contributed by atoms with E-state index in [1.807, 2.05) is 25.2 Å². The molecule has 0 unspecified atom stereocenters. The Balaban J connectivity index is 1.81. The summed E-state index contributed by atoms with van der Waals surface area (Å²) in [5.74, 6) is 0.186. The van der Waals surface area contributed by atoms with Crippen LogP contribution < -0.4 is 4.74 Å². The highest BCUT2D eigenvalue weighted by atomic mass is 32.2. The third-order valence-corrected chi connectivity index (χ3v) is 6.30. The second-order valence-electron chi connectivity index (χ2n) is 6.12.